The SMILES string of the molecule is CC(N)C1C=C(c2ccc(Br)cc2Cl)C1. The molecule has 1 aliphatic rings. The number of halogens is 2. The third-order valence-electron chi connectivity index (χ3n) is 2.82. The number of rotatable bonds is 2. The molecule has 2 unspecified atom stereocenters. The standard InChI is InChI=1S/C12H13BrClN/c1-7(15)8-4-9(5-8)11-3-2-10(13)6-12(11)14/h2-4,6-8H,5,15H2,1H3. The molecule has 2 N–H and O–H groups in total. The average Bonchev–Trinajstić information content (AvgIpc) is 2.05. The molecule has 2 atom stereocenters. The Morgan fingerprint density at radius 3 is 2.73 bits per heavy atom. The highest BCUT2D eigenvalue weighted by molar-refractivity contribution is 9.10. The highest BCUT2D eigenvalue weighted by Gasteiger charge is 2.24. The number of benzene rings is 1. The molecule has 0 aliphatic heterocycles. The minimum Gasteiger partial charge on any atom is -0.327 e. The van der Waals surface area contributed by atoms with E-state index >= 15 is 0 Å². The van der Waals surface area contributed by atoms with Crippen molar-refractivity contribution in [1.29, 1.82) is 0 Å². The van der Waals surface area contributed by atoms with Crippen LogP contribution in [0.5, 0.6) is 0 Å². The van der Waals surface area contributed by atoms with E-state index in [2.05, 4.69) is 28.1 Å². The van der Waals surface area contributed by atoms with Crippen molar-refractivity contribution in [2.45, 2.75) is 19.4 Å². The molecule has 15 heavy (non-hydrogen) atoms. The van der Waals surface area contributed by atoms with Crippen molar-refractivity contribution >= 4 is 33.1 Å². The first-order valence-electron chi connectivity index (χ1n) is 4.99. The first-order valence-corrected chi connectivity index (χ1v) is 6.16. The molecule has 0 amide bonds. The van der Waals surface area contributed by atoms with Crippen LogP contribution >= 0.6 is 27.5 Å². The van der Waals surface area contributed by atoms with Gasteiger partial charge in [-0.3, -0.25) is 0 Å². The summed E-state index contributed by atoms with van der Waals surface area (Å²) >= 11 is 9.56. The predicted molar refractivity (Wildman–Crippen MR) is 68.9 cm³/mol. The monoisotopic (exact) mass is 285 g/mol. The lowest BCUT2D eigenvalue weighted by atomic mass is 9.79. The summed E-state index contributed by atoms with van der Waals surface area (Å²) in [5.41, 5.74) is 8.27. The van der Waals surface area contributed by atoms with Crippen molar-refractivity contribution in [3.63, 3.8) is 0 Å². The molecule has 0 bridgehead atoms. The summed E-state index contributed by atoms with van der Waals surface area (Å²) in [5.74, 6) is 0.514. The molecule has 0 saturated heterocycles. The molecule has 0 saturated carbocycles. The Morgan fingerprint density at radius 1 is 1.53 bits per heavy atom. The van der Waals surface area contributed by atoms with Crippen molar-refractivity contribution in [3.8, 4) is 0 Å². The lowest BCUT2D eigenvalue weighted by Crippen LogP contribution is -2.29. The van der Waals surface area contributed by atoms with Crippen LogP contribution in [0, 0.1) is 5.92 Å². The van der Waals surface area contributed by atoms with E-state index in [0.717, 1.165) is 21.5 Å². The molecule has 1 aromatic carbocycles. The lowest BCUT2D eigenvalue weighted by molar-refractivity contribution is 0.517. The smallest absolute Gasteiger partial charge is 0.0492 e. The predicted octanol–water partition coefficient (Wildman–Crippen LogP) is 3.85. The van der Waals surface area contributed by atoms with Crippen LogP contribution in [0.4, 0.5) is 0 Å². The highest BCUT2D eigenvalue weighted by Crippen LogP contribution is 2.39. The number of nitrogens with two attached hydrogens (primary N) is 1. The zero-order valence-electron chi connectivity index (χ0n) is 8.50. The Kier molecular flexibility index (Phi) is 3.19. The second-order valence-corrected chi connectivity index (χ2v) is 5.37. The topological polar surface area (TPSA) is 26.0 Å². The molecule has 2 rings (SSSR count). The molecule has 3 heteroatoms. The molecular formula is C12H13BrClN. The van der Waals surface area contributed by atoms with Gasteiger partial charge in [-0.2, -0.15) is 0 Å². The summed E-state index contributed by atoms with van der Waals surface area (Å²) in [5, 5.41) is 0.804. The van der Waals surface area contributed by atoms with Gasteiger partial charge in [-0.25, -0.2) is 0 Å². The summed E-state index contributed by atoms with van der Waals surface area (Å²) in [6.07, 6.45) is 3.26. The van der Waals surface area contributed by atoms with Gasteiger partial charge < -0.3 is 5.73 Å². The third-order valence-corrected chi connectivity index (χ3v) is 3.63. The average molecular weight is 287 g/mol. The summed E-state index contributed by atoms with van der Waals surface area (Å²) in [6.45, 7) is 2.04. The van der Waals surface area contributed by atoms with Crippen molar-refractivity contribution in [1.82, 2.24) is 0 Å². The fraction of sp³-hybridized carbons (Fsp3) is 0.333. The Morgan fingerprint density at radius 2 is 2.20 bits per heavy atom. The zero-order valence-corrected chi connectivity index (χ0v) is 10.8. The minimum atomic E-state index is 0.239. The third kappa shape index (κ3) is 2.27. The second kappa shape index (κ2) is 4.28. The fourth-order valence-corrected chi connectivity index (χ4v) is 2.56. The summed E-state index contributed by atoms with van der Waals surface area (Å²) in [6, 6.07) is 6.23. The van der Waals surface area contributed by atoms with Crippen LogP contribution in [0.1, 0.15) is 18.9 Å². The van der Waals surface area contributed by atoms with Gasteiger partial charge in [0.15, 0.2) is 0 Å². The maximum atomic E-state index is 6.16. The normalized spacial score (nSPS) is 21.9. The molecule has 0 heterocycles. The molecule has 0 fully saturated rings. The van der Waals surface area contributed by atoms with Gasteiger partial charge in [-0.05, 0) is 42.5 Å². The first-order chi connectivity index (χ1) is 7.08. The lowest BCUT2D eigenvalue weighted by Gasteiger charge is -2.29. The van der Waals surface area contributed by atoms with Crippen LogP contribution in [0.25, 0.3) is 5.57 Å². The van der Waals surface area contributed by atoms with Gasteiger partial charge in [-0.15, -0.1) is 0 Å². The molecule has 80 valence electrons. The summed E-state index contributed by atoms with van der Waals surface area (Å²) in [4.78, 5) is 0. The molecule has 1 nitrogen and oxygen atoms in total. The van der Waals surface area contributed by atoms with Gasteiger partial charge in [0.25, 0.3) is 0 Å². The van der Waals surface area contributed by atoms with Gasteiger partial charge in [0, 0.05) is 15.5 Å². The van der Waals surface area contributed by atoms with Crippen LogP contribution in [-0.2, 0) is 0 Å². The van der Waals surface area contributed by atoms with Crippen LogP contribution in [0.15, 0.2) is 28.7 Å². The first kappa shape index (κ1) is 11.2. The number of hydrogen-bond acceptors (Lipinski definition) is 1. The molecule has 1 aromatic rings. The minimum absolute atomic E-state index is 0.239. The summed E-state index contributed by atoms with van der Waals surface area (Å²) < 4.78 is 1.01. The van der Waals surface area contributed by atoms with Gasteiger partial charge in [0.1, 0.15) is 0 Å². The van der Waals surface area contributed by atoms with Crippen molar-refractivity contribution in [2.24, 2.45) is 11.7 Å². The Labute approximate surface area is 103 Å². The van der Waals surface area contributed by atoms with E-state index in [0.29, 0.717) is 5.92 Å². The van der Waals surface area contributed by atoms with Crippen molar-refractivity contribution in [3.05, 3.63) is 39.3 Å². The van der Waals surface area contributed by atoms with E-state index in [9.17, 15) is 0 Å². The Balaban J connectivity index is 2.23. The van der Waals surface area contributed by atoms with E-state index in [4.69, 9.17) is 17.3 Å². The Hall–Kier alpha value is -0.310. The largest absolute Gasteiger partial charge is 0.327 e. The van der Waals surface area contributed by atoms with E-state index in [1.807, 2.05) is 19.1 Å². The summed E-state index contributed by atoms with van der Waals surface area (Å²) in [7, 11) is 0. The van der Waals surface area contributed by atoms with Crippen LogP contribution in [0.3, 0.4) is 0 Å². The maximum Gasteiger partial charge on any atom is 0.0492 e. The van der Waals surface area contributed by atoms with Gasteiger partial charge in [0.2, 0.25) is 0 Å². The molecule has 0 aromatic heterocycles. The zero-order chi connectivity index (χ0) is 11.0. The van der Waals surface area contributed by atoms with Crippen LogP contribution in [-0.4, -0.2) is 6.04 Å². The maximum absolute atomic E-state index is 6.16. The number of hydrogen-bond donors (Lipinski definition) is 1. The van der Waals surface area contributed by atoms with E-state index < -0.39 is 0 Å². The molecular weight excluding hydrogens is 273 g/mol. The van der Waals surface area contributed by atoms with Crippen molar-refractivity contribution in [2.75, 3.05) is 0 Å². The van der Waals surface area contributed by atoms with Gasteiger partial charge in [-0.1, -0.05) is 39.7 Å². The highest BCUT2D eigenvalue weighted by atomic mass is 79.9. The van der Waals surface area contributed by atoms with Crippen LogP contribution < -0.4 is 5.73 Å². The number of allylic oxidation sites excluding steroid dienone is 1. The quantitative estimate of drug-likeness (QED) is 0.878. The van der Waals surface area contributed by atoms with E-state index in [-0.39, 0.29) is 6.04 Å². The van der Waals surface area contributed by atoms with E-state index in [1.165, 1.54) is 5.57 Å². The fourth-order valence-electron chi connectivity index (χ4n) is 1.77. The molecule has 0 radical (unpaired) electrons. The Bertz CT molecular complexity index is 412. The second-order valence-electron chi connectivity index (χ2n) is 4.04. The molecule has 0 spiro atoms. The van der Waals surface area contributed by atoms with Crippen LogP contribution in [0.2, 0.25) is 5.02 Å². The van der Waals surface area contributed by atoms with E-state index in [1.54, 1.807) is 0 Å². The van der Waals surface area contributed by atoms with Crippen molar-refractivity contribution < 1.29 is 0 Å². The van der Waals surface area contributed by atoms with Gasteiger partial charge >= 0.3 is 0 Å². The molecule has 1 aliphatic carbocycles. The van der Waals surface area contributed by atoms with Gasteiger partial charge in [0.05, 0.1) is 0 Å².